The first-order valence-electron chi connectivity index (χ1n) is 20.2. The quantitative estimate of drug-likeness (QED) is 0.0525. The van der Waals surface area contributed by atoms with Crippen LogP contribution in [-0.2, 0) is 4.74 Å². The number of fused-ring (bicyclic) bond motifs is 2. The molecule has 0 radical (unpaired) electrons. The number of piperazine rings is 1. The first-order valence-corrected chi connectivity index (χ1v) is 21.0. The highest BCUT2D eigenvalue weighted by Gasteiger charge is 2.19. The number of thiophene rings is 1. The van der Waals surface area contributed by atoms with Crippen LogP contribution < -0.4 is 14.4 Å². The zero-order chi connectivity index (χ0) is 36.2. The molecule has 8 nitrogen and oxygen atoms in total. The number of aromatic nitrogens is 1. The molecule has 0 N–H and O–H groups in total. The maximum absolute atomic E-state index is 13.0. The van der Waals surface area contributed by atoms with E-state index in [0.29, 0.717) is 12.5 Å². The molecule has 0 unspecified atom stereocenters. The van der Waals surface area contributed by atoms with Crippen molar-refractivity contribution in [3.05, 3.63) is 60.0 Å². The van der Waals surface area contributed by atoms with Gasteiger partial charge in [0.25, 0.3) is 0 Å². The average Bonchev–Trinajstić information content (AvgIpc) is 3.66. The molecule has 0 bridgehead atoms. The maximum atomic E-state index is 13.0. The van der Waals surface area contributed by atoms with E-state index in [1.165, 1.54) is 67.1 Å². The van der Waals surface area contributed by atoms with Crippen LogP contribution in [0.5, 0.6) is 11.6 Å². The number of hydrogen-bond acceptors (Lipinski definition) is 8. The molecule has 3 heterocycles. The van der Waals surface area contributed by atoms with Gasteiger partial charge in [-0.3, -0.25) is 4.90 Å². The molecule has 1 fully saturated rings. The van der Waals surface area contributed by atoms with E-state index in [2.05, 4.69) is 58.3 Å². The summed E-state index contributed by atoms with van der Waals surface area (Å²) < 4.78 is 18.9. The molecule has 0 atom stereocenters. The van der Waals surface area contributed by atoms with Crippen molar-refractivity contribution in [3.63, 3.8) is 0 Å². The predicted molar refractivity (Wildman–Crippen MR) is 217 cm³/mol. The van der Waals surface area contributed by atoms with Gasteiger partial charge in [0.05, 0.1) is 12.1 Å². The van der Waals surface area contributed by atoms with Crippen LogP contribution in [0.1, 0.15) is 104 Å². The third kappa shape index (κ3) is 12.8. The molecule has 1 saturated heterocycles. The minimum atomic E-state index is -0.298. The van der Waals surface area contributed by atoms with Crippen LogP contribution in [0.3, 0.4) is 0 Å². The normalized spacial score (nSPS) is 13.5. The first kappa shape index (κ1) is 39.6. The Kier molecular flexibility index (Phi) is 17.1. The van der Waals surface area contributed by atoms with Gasteiger partial charge in [-0.15, -0.1) is 11.3 Å². The number of anilines is 1. The Morgan fingerprint density at radius 3 is 2.23 bits per heavy atom. The van der Waals surface area contributed by atoms with Crippen LogP contribution in [-0.4, -0.2) is 80.1 Å². The molecule has 5 rings (SSSR count). The molecule has 52 heavy (non-hydrogen) atoms. The van der Waals surface area contributed by atoms with Gasteiger partial charge in [-0.1, -0.05) is 84.1 Å². The molecule has 4 aromatic rings. The van der Waals surface area contributed by atoms with E-state index in [0.717, 1.165) is 101 Å². The monoisotopic (exact) mass is 730 g/mol. The molecule has 1 aliphatic heterocycles. The fraction of sp³-hybridized carbons (Fsp3) is 0.581. The Labute approximate surface area is 316 Å². The Hall–Kier alpha value is -3.56. The molecule has 9 heteroatoms. The number of benzene rings is 2. The minimum absolute atomic E-state index is 0.156. The number of amides is 1. The van der Waals surface area contributed by atoms with Crippen LogP contribution in [0.4, 0.5) is 10.5 Å². The van der Waals surface area contributed by atoms with Crippen molar-refractivity contribution in [2.75, 3.05) is 64.1 Å². The van der Waals surface area contributed by atoms with Gasteiger partial charge in [0.2, 0.25) is 12.7 Å². The van der Waals surface area contributed by atoms with E-state index in [1.54, 1.807) is 0 Å². The molecule has 1 aliphatic rings. The summed E-state index contributed by atoms with van der Waals surface area (Å²) in [5, 5.41) is 4.58. The predicted octanol–water partition coefficient (Wildman–Crippen LogP) is 10.9. The summed E-state index contributed by atoms with van der Waals surface area (Å²) in [6.07, 6.45) is 16.2. The van der Waals surface area contributed by atoms with Gasteiger partial charge >= 0.3 is 6.09 Å². The van der Waals surface area contributed by atoms with E-state index in [1.807, 2.05) is 46.6 Å². The van der Waals surface area contributed by atoms with Gasteiger partial charge < -0.3 is 24.0 Å². The molecular weight excluding hydrogens is 669 g/mol. The zero-order valence-electron chi connectivity index (χ0n) is 31.9. The summed E-state index contributed by atoms with van der Waals surface area (Å²) in [5.74, 6) is 1.24. The highest BCUT2D eigenvalue weighted by atomic mass is 32.1. The third-order valence-corrected chi connectivity index (χ3v) is 11.1. The van der Waals surface area contributed by atoms with E-state index in [-0.39, 0.29) is 12.9 Å². The summed E-state index contributed by atoms with van der Waals surface area (Å²) in [7, 11) is 0. The topological polar surface area (TPSA) is 67.4 Å². The molecule has 2 aromatic carbocycles. The second-order valence-electron chi connectivity index (χ2n) is 14.2. The Balaban J connectivity index is 0.998. The summed E-state index contributed by atoms with van der Waals surface area (Å²) in [6.45, 7) is 11.9. The SMILES string of the molecule is CCCCCCCCN(CCCCCCCC)C(=O)OCOc1ccc2ccc(OCCCCN3CCN(c4cccc5sccc45)CC3)cc2n1. The van der Waals surface area contributed by atoms with Gasteiger partial charge in [0.15, 0.2) is 0 Å². The van der Waals surface area contributed by atoms with Crippen molar-refractivity contribution in [1.82, 2.24) is 14.8 Å². The van der Waals surface area contributed by atoms with Crippen LogP contribution in [0, 0.1) is 0 Å². The minimum Gasteiger partial charge on any atom is -0.494 e. The molecule has 0 aliphatic carbocycles. The molecular formula is C43H62N4O4S. The van der Waals surface area contributed by atoms with E-state index >= 15 is 0 Å². The van der Waals surface area contributed by atoms with Gasteiger partial charge in [-0.05, 0) is 74.0 Å². The highest BCUT2D eigenvalue weighted by molar-refractivity contribution is 7.17. The smallest absolute Gasteiger partial charge is 0.412 e. The van der Waals surface area contributed by atoms with Gasteiger partial charge in [-0.2, -0.15) is 0 Å². The van der Waals surface area contributed by atoms with Crippen LogP contribution in [0.15, 0.2) is 60.0 Å². The number of hydrogen-bond donors (Lipinski definition) is 0. The second kappa shape index (κ2) is 22.5. The summed E-state index contributed by atoms with van der Waals surface area (Å²) in [6, 6.07) is 18.7. The van der Waals surface area contributed by atoms with Gasteiger partial charge in [0.1, 0.15) is 5.75 Å². The lowest BCUT2D eigenvalue weighted by Crippen LogP contribution is -2.46. The van der Waals surface area contributed by atoms with Crippen LogP contribution >= 0.6 is 11.3 Å². The van der Waals surface area contributed by atoms with Crippen molar-refractivity contribution >= 4 is 44.1 Å². The second-order valence-corrected chi connectivity index (χ2v) is 15.1. The standard InChI is InChI=1S/C43H62N4O4S/c1-3-5-7-9-11-13-26-47(27-14-12-10-8-6-4-2)43(48)51-35-50-42-23-21-36-20-22-37(34-39(36)44-42)49-32-16-15-25-45-28-30-46(31-29-45)40-18-17-19-41-38(40)24-33-52-41/h17-24,33-34H,3-16,25-32,35H2,1-2H3. The summed E-state index contributed by atoms with van der Waals surface area (Å²) in [4.78, 5) is 24.7. The number of pyridine rings is 1. The van der Waals surface area contributed by atoms with E-state index in [4.69, 9.17) is 14.2 Å². The van der Waals surface area contributed by atoms with Crippen molar-refractivity contribution in [2.45, 2.75) is 104 Å². The molecule has 2 aromatic heterocycles. The van der Waals surface area contributed by atoms with Crippen molar-refractivity contribution < 1.29 is 19.0 Å². The Morgan fingerprint density at radius 1 is 0.769 bits per heavy atom. The first-order chi connectivity index (χ1) is 25.6. The number of carbonyl (C=O) groups is 1. The lowest BCUT2D eigenvalue weighted by molar-refractivity contribution is 0.0323. The number of carbonyl (C=O) groups excluding carboxylic acids is 1. The maximum Gasteiger partial charge on any atom is 0.412 e. The number of ether oxygens (including phenoxy) is 3. The molecule has 284 valence electrons. The van der Waals surface area contributed by atoms with Crippen molar-refractivity contribution in [1.29, 1.82) is 0 Å². The van der Waals surface area contributed by atoms with Gasteiger partial charge in [-0.25, -0.2) is 9.78 Å². The molecule has 0 saturated carbocycles. The van der Waals surface area contributed by atoms with E-state index in [9.17, 15) is 4.79 Å². The zero-order valence-corrected chi connectivity index (χ0v) is 32.7. The Morgan fingerprint density at radius 2 is 1.48 bits per heavy atom. The number of nitrogens with zero attached hydrogens (tertiary/aromatic N) is 4. The fourth-order valence-corrected chi connectivity index (χ4v) is 7.84. The van der Waals surface area contributed by atoms with Crippen molar-refractivity contribution in [2.24, 2.45) is 0 Å². The summed E-state index contributed by atoms with van der Waals surface area (Å²) >= 11 is 1.82. The number of unbranched alkanes of at least 4 members (excludes halogenated alkanes) is 11. The van der Waals surface area contributed by atoms with Crippen LogP contribution in [0.25, 0.3) is 21.0 Å². The fourth-order valence-electron chi connectivity index (χ4n) is 7.03. The molecule has 1 amide bonds. The third-order valence-electron chi connectivity index (χ3n) is 10.2. The van der Waals surface area contributed by atoms with Crippen molar-refractivity contribution in [3.8, 4) is 11.6 Å². The Bertz CT molecular complexity index is 1590. The largest absolute Gasteiger partial charge is 0.494 e. The lowest BCUT2D eigenvalue weighted by Gasteiger charge is -2.36. The highest BCUT2D eigenvalue weighted by Crippen LogP contribution is 2.31. The van der Waals surface area contributed by atoms with Crippen LogP contribution in [0.2, 0.25) is 0 Å². The van der Waals surface area contributed by atoms with Gasteiger partial charge in [0, 0.05) is 72.6 Å². The average molecular weight is 731 g/mol. The summed E-state index contributed by atoms with van der Waals surface area (Å²) in [5.41, 5.74) is 2.17. The lowest BCUT2D eigenvalue weighted by atomic mass is 10.1. The molecule has 0 spiro atoms. The number of rotatable bonds is 24. The van der Waals surface area contributed by atoms with E-state index < -0.39 is 0 Å².